The highest BCUT2D eigenvalue weighted by Gasteiger charge is 2.13. The summed E-state index contributed by atoms with van der Waals surface area (Å²) in [5.41, 5.74) is 7.01. The van der Waals surface area contributed by atoms with Gasteiger partial charge in [0.05, 0.1) is 12.1 Å². The minimum Gasteiger partial charge on any atom is -0.487 e. The second-order valence-corrected chi connectivity index (χ2v) is 4.86. The van der Waals surface area contributed by atoms with Crippen molar-refractivity contribution in [2.45, 2.75) is 26.0 Å². The third-order valence-electron chi connectivity index (χ3n) is 2.88. The highest BCUT2D eigenvalue weighted by Crippen LogP contribution is 2.26. The van der Waals surface area contributed by atoms with Gasteiger partial charge in [-0.3, -0.25) is 0 Å². The molecule has 106 valence electrons. The third kappa shape index (κ3) is 3.71. The molecule has 20 heavy (non-hydrogen) atoms. The Labute approximate surface area is 120 Å². The van der Waals surface area contributed by atoms with E-state index in [4.69, 9.17) is 10.5 Å². The molecule has 1 aromatic carbocycles. The molecule has 0 aliphatic heterocycles. The number of nitrogens with zero attached hydrogens (tertiary/aromatic N) is 1. The molecule has 0 radical (unpaired) electrons. The fourth-order valence-corrected chi connectivity index (χ4v) is 1.98. The number of hydrogen-bond donors (Lipinski definition) is 2. The van der Waals surface area contributed by atoms with E-state index in [1.54, 1.807) is 6.20 Å². The van der Waals surface area contributed by atoms with Crippen LogP contribution in [0.4, 0.5) is 5.82 Å². The van der Waals surface area contributed by atoms with Crippen molar-refractivity contribution in [2.75, 3.05) is 11.9 Å². The van der Waals surface area contributed by atoms with E-state index < -0.39 is 0 Å². The van der Waals surface area contributed by atoms with Crippen LogP contribution in [0.15, 0.2) is 48.7 Å². The average molecular weight is 271 g/mol. The minimum atomic E-state index is 0.0145. The Morgan fingerprint density at radius 1 is 1.15 bits per heavy atom. The van der Waals surface area contributed by atoms with Gasteiger partial charge in [0.1, 0.15) is 0 Å². The Morgan fingerprint density at radius 2 is 1.90 bits per heavy atom. The van der Waals surface area contributed by atoms with Gasteiger partial charge in [0.15, 0.2) is 11.6 Å². The molecule has 0 aliphatic carbocycles. The Kier molecular flexibility index (Phi) is 4.96. The number of ether oxygens (including phenoxy) is 1. The number of nitrogens with two attached hydrogens (primary N) is 1. The molecular weight excluding hydrogens is 250 g/mol. The molecule has 0 fully saturated rings. The van der Waals surface area contributed by atoms with Crippen LogP contribution in [-0.2, 0) is 0 Å². The number of rotatable bonds is 6. The summed E-state index contributed by atoms with van der Waals surface area (Å²) < 4.78 is 5.76. The molecule has 2 rings (SSSR count). The lowest BCUT2D eigenvalue weighted by Gasteiger charge is -2.20. The lowest BCUT2D eigenvalue weighted by molar-refractivity contribution is 0.242. The van der Waals surface area contributed by atoms with E-state index in [0.717, 1.165) is 17.1 Å². The summed E-state index contributed by atoms with van der Waals surface area (Å²) in [4.78, 5) is 4.35. The van der Waals surface area contributed by atoms with Crippen LogP contribution >= 0.6 is 0 Å². The van der Waals surface area contributed by atoms with Crippen LogP contribution in [0.1, 0.15) is 25.5 Å². The highest BCUT2D eigenvalue weighted by atomic mass is 16.5. The summed E-state index contributed by atoms with van der Waals surface area (Å²) in [5.74, 6) is 1.47. The van der Waals surface area contributed by atoms with Gasteiger partial charge in [-0.2, -0.15) is 0 Å². The first kappa shape index (κ1) is 14.3. The van der Waals surface area contributed by atoms with Crippen molar-refractivity contribution in [3.05, 3.63) is 54.2 Å². The predicted octanol–water partition coefficient (Wildman–Crippen LogP) is 2.98. The van der Waals surface area contributed by atoms with Crippen molar-refractivity contribution in [2.24, 2.45) is 5.73 Å². The summed E-state index contributed by atoms with van der Waals surface area (Å²) in [6.45, 7) is 4.48. The molecule has 0 saturated carbocycles. The quantitative estimate of drug-likeness (QED) is 0.848. The van der Waals surface area contributed by atoms with Crippen molar-refractivity contribution in [3.63, 3.8) is 0 Å². The second kappa shape index (κ2) is 6.91. The van der Waals surface area contributed by atoms with E-state index in [-0.39, 0.29) is 12.1 Å². The zero-order valence-corrected chi connectivity index (χ0v) is 11.9. The molecule has 0 spiro atoms. The number of nitrogens with one attached hydrogen (secondary N) is 1. The molecule has 1 aromatic heterocycles. The molecular formula is C16H21N3O. The van der Waals surface area contributed by atoms with Gasteiger partial charge in [0, 0.05) is 12.7 Å². The van der Waals surface area contributed by atoms with E-state index in [2.05, 4.69) is 22.4 Å². The summed E-state index contributed by atoms with van der Waals surface area (Å²) in [6, 6.07) is 13.9. The van der Waals surface area contributed by atoms with Crippen molar-refractivity contribution in [3.8, 4) is 5.75 Å². The van der Waals surface area contributed by atoms with Gasteiger partial charge in [0.2, 0.25) is 0 Å². The van der Waals surface area contributed by atoms with Crippen LogP contribution in [0.5, 0.6) is 5.75 Å². The summed E-state index contributed by atoms with van der Waals surface area (Å²) in [7, 11) is 0. The van der Waals surface area contributed by atoms with Crippen LogP contribution in [0, 0.1) is 0 Å². The van der Waals surface area contributed by atoms with Crippen molar-refractivity contribution >= 4 is 5.82 Å². The first-order valence-electron chi connectivity index (χ1n) is 6.84. The van der Waals surface area contributed by atoms with E-state index in [1.807, 2.05) is 44.2 Å². The lowest BCUT2D eigenvalue weighted by Crippen LogP contribution is -2.21. The maximum absolute atomic E-state index is 5.87. The summed E-state index contributed by atoms with van der Waals surface area (Å²) >= 11 is 0. The summed E-state index contributed by atoms with van der Waals surface area (Å²) in [5, 5.41) is 3.36. The van der Waals surface area contributed by atoms with E-state index in [9.17, 15) is 0 Å². The molecule has 0 saturated heterocycles. The smallest absolute Gasteiger partial charge is 0.169 e. The third-order valence-corrected chi connectivity index (χ3v) is 2.88. The largest absolute Gasteiger partial charge is 0.487 e. The number of pyridine rings is 1. The molecule has 1 atom stereocenters. The normalized spacial score (nSPS) is 12.2. The monoisotopic (exact) mass is 271 g/mol. The van der Waals surface area contributed by atoms with Gasteiger partial charge in [-0.05, 0) is 31.5 Å². The van der Waals surface area contributed by atoms with E-state index in [1.165, 1.54) is 0 Å². The molecule has 1 heterocycles. The van der Waals surface area contributed by atoms with Crippen LogP contribution < -0.4 is 15.8 Å². The maximum Gasteiger partial charge on any atom is 0.169 e. The molecule has 4 nitrogen and oxygen atoms in total. The molecule has 0 aliphatic rings. The van der Waals surface area contributed by atoms with Crippen LogP contribution in [0.2, 0.25) is 0 Å². The molecule has 3 N–H and O–H groups in total. The van der Waals surface area contributed by atoms with Gasteiger partial charge in [-0.25, -0.2) is 4.98 Å². The number of anilines is 1. The van der Waals surface area contributed by atoms with Crippen molar-refractivity contribution < 1.29 is 4.74 Å². The van der Waals surface area contributed by atoms with Gasteiger partial charge < -0.3 is 15.8 Å². The number of aromatic nitrogens is 1. The highest BCUT2D eigenvalue weighted by molar-refractivity contribution is 5.51. The van der Waals surface area contributed by atoms with E-state index >= 15 is 0 Å². The average Bonchev–Trinajstić information content (AvgIpc) is 2.46. The van der Waals surface area contributed by atoms with Gasteiger partial charge in [0.25, 0.3) is 0 Å². The lowest BCUT2D eigenvalue weighted by atomic mass is 10.1. The fourth-order valence-electron chi connectivity index (χ4n) is 1.98. The Balaban J connectivity index is 2.20. The van der Waals surface area contributed by atoms with E-state index in [0.29, 0.717) is 6.54 Å². The fraction of sp³-hybridized carbons (Fsp3) is 0.312. The number of hydrogen-bond acceptors (Lipinski definition) is 4. The Bertz CT molecular complexity index is 528. The van der Waals surface area contributed by atoms with Crippen molar-refractivity contribution in [1.82, 2.24) is 4.98 Å². The van der Waals surface area contributed by atoms with Crippen LogP contribution in [-0.4, -0.2) is 17.6 Å². The summed E-state index contributed by atoms with van der Waals surface area (Å²) in [6.07, 6.45) is 1.85. The Hall–Kier alpha value is -2.07. The minimum absolute atomic E-state index is 0.0145. The molecule has 1 unspecified atom stereocenters. The van der Waals surface area contributed by atoms with Gasteiger partial charge >= 0.3 is 0 Å². The Morgan fingerprint density at radius 3 is 2.55 bits per heavy atom. The topological polar surface area (TPSA) is 60.2 Å². The SMILES string of the molecule is CC(C)Oc1cccnc1NC(CN)c1ccccc1. The zero-order valence-electron chi connectivity index (χ0n) is 11.9. The first-order chi connectivity index (χ1) is 9.70. The van der Waals surface area contributed by atoms with Crippen LogP contribution in [0.3, 0.4) is 0 Å². The molecule has 4 heteroatoms. The zero-order chi connectivity index (χ0) is 14.4. The maximum atomic E-state index is 5.87. The first-order valence-corrected chi connectivity index (χ1v) is 6.84. The van der Waals surface area contributed by atoms with Gasteiger partial charge in [-0.1, -0.05) is 30.3 Å². The van der Waals surface area contributed by atoms with Crippen molar-refractivity contribution in [1.29, 1.82) is 0 Å². The van der Waals surface area contributed by atoms with Crippen LogP contribution in [0.25, 0.3) is 0 Å². The predicted molar refractivity (Wildman–Crippen MR) is 81.9 cm³/mol. The molecule has 0 bridgehead atoms. The molecule has 2 aromatic rings. The second-order valence-electron chi connectivity index (χ2n) is 4.86. The van der Waals surface area contributed by atoms with Gasteiger partial charge in [-0.15, -0.1) is 0 Å². The molecule has 0 amide bonds. The number of benzene rings is 1. The standard InChI is InChI=1S/C16H21N3O/c1-12(2)20-15-9-6-10-18-16(15)19-14(11-17)13-7-4-3-5-8-13/h3-10,12,14H,11,17H2,1-2H3,(H,18,19).